The fourth-order valence-electron chi connectivity index (χ4n) is 3.76. The van der Waals surface area contributed by atoms with Crippen molar-refractivity contribution in [2.45, 2.75) is 33.6 Å². The van der Waals surface area contributed by atoms with Gasteiger partial charge in [0.1, 0.15) is 11.6 Å². The van der Waals surface area contributed by atoms with Gasteiger partial charge in [-0.25, -0.2) is 4.39 Å². The molecule has 0 aliphatic carbocycles. The zero-order chi connectivity index (χ0) is 20.1. The Balaban J connectivity index is 1.62. The molecule has 0 radical (unpaired) electrons. The minimum Gasteiger partial charge on any atom is -0.368 e. The molecule has 1 aromatic heterocycles. The normalized spacial score (nSPS) is 16.4. The van der Waals surface area contributed by atoms with Crippen LogP contribution in [0.3, 0.4) is 0 Å². The Morgan fingerprint density at radius 2 is 1.89 bits per heavy atom. The van der Waals surface area contributed by atoms with Gasteiger partial charge in [0.2, 0.25) is 0 Å². The van der Waals surface area contributed by atoms with E-state index in [1.165, 1.54) is 12.1 Å². The van der Waals surface area contributed by atoms with Crippen molar-refractivity contribution in [2.24, 2.45) is 4.99 Å². The number of hydrogen-bond acceptors (Lipinski definition) is 4. The first-order valence-corrected chi connectivity index (χ1v) is 9.96. The average Bonchev–Trinajstić information content (AvgIpc) is 3.04. The van der Waals surface area contributed by atoms with Crippen molar-refractivity contribution in [3.63, 3.8) is 0 Å². The van der Waals surface area contributed by atoms with Crippen molar-refractivity contribution in [3.8, 4) is 0 Å². The summed E-state index contributed by atoms with van der Waals surface area (Å²) in [4.78, 5) is 9.46. The molecule has 1 unspecified atom stereocenters. The van der Waals surface area contributed by atoms with E-state index in [2.05, 4.69) is 34.1 Å². The van der Waals surface area contributed by atoms with Crippen LogP contribution in [0.25, 0.3) is 0 Å². The highest BCUT2D eigenvalue weighted by Crippen LogP contribution is 2.23. The Hall–Kier alpha value is -2.57. The van der Waals surface area contributed by atoms with E-state index in [0.29, 0.717) is 6.54 Å². The first kappa shape index (κ1) is 20.2. The van der Waals surface area contributed by atoms with E-state index in [9.17, 15) is 4.39 Å². The molecule has 7 heteroatoms. The lowest BCUT2D eigenvalue weighted by Gasteiger charge is -2.37. The van der Waals surface area contributed by atoms with Gasteiger partial charge in [0, 0.05) is 56.4 Å². The molecule has 1 fully saturated rings. The highest BCUT2D eigenvalue weighted by atomic mass is 19.1. The fraction of sp³-hybridized carbons (Fsp3) is 0.524. The Kier molecular flexibility index (Phi) is 6.54. The summed E-state index contributed by atoms with van der Waals surface area (Å²) in [7, 11) is 0. The number of anilines is 1. The summed E-state index contributed by atoms with van der Waals surface area (Å²) >= 11 is 0. The number of aromatic nitrogens is 1. The van der Waals surface area contributed by atoms with Gasteiger partial charge in [0.15, 0.2) is 5.96 Å². The summed E-state index contributed by atoms with van der Waals surface area (Å²) in [6.45, 7) is 13.2. The second-order valence-electron chi connectivity index (χ2n) is 7.28. The minimum absolute atomic E-state index is 0.198. The summed E-state index contributed by atoms with van der Waals surface area (Å²) in [5.41, 5.74) is 3.16. The molecule has 28 heavy (non-hydrogen) atoms. The van der Waals surface area contributed by atoms with Crippen LogP contribution in [-0.2, 0) is 0 Å². The summed E-state index contributed by atoms with van der Waals surface area (Å²) in [6.07, 6.45) is 0. The predicted molar refractivity (Wildman–Crippen MR) is 111 cm³/mol. The van der Waals surface area contributed by atoms with Gasteiger partial charge in [-0.05, 0) is 45.0 Å². The highest BCUT2D eigenvalue weighted by molar-refractivity contribution is 5.80. The van der Waals surface area contributed by atoms with E-state index in [1.54, 1.807) is 0 Å². The third-order valence-electron chi connectivity index (χ3n) is 5.20. The van der Waals surface area contributed by atoms with Gasteiger partial charge in [-0.2, -0.15) is 0 Å². The largest absolute Gasteiger partial charge is 0.368 e. The van der Waals surface area contributed by atoms with Crippen LogP contribution in [0.1, 0.15) is 36.8 Å². The van der Waals surface area contributed by atoms with E-state index in [0.717, 1.165) is 61.4 Å². The molecule has 0 amide bonds. The van der Waals surface area contributed by atoms with Gasteiger partial charge in [-0.15, -0.1) is 0 Å². The van der Waals surface area contributed by atoms with Gasteiger partial charge >= 0.3 is 0 Å². The second kappa shape index (κ2) is 9.08. The minimum atomic E-state index is -0.198. The summed E-state index contributed by atoms with van der Waals surface area (Å²) in [6, 6.07) is 6.72. The summed E-state index contributed by atoms with van der Waals surface area (Å²) < 4.78 is 18.4. The molecule has 0 saturated carbocycles. The fourth-order valence-corrected chi connectivity index (χ4v) is 3.76. The van der Waals surface area contributed by atoms with Gasteiger partial charge in [-0.3, -0.25) is 4.99 Å². The Bertz CT molecular complexity index is 774. The van der Waals surface area contributed by atoms with Crippen LogP contribution in [0, 0.1) is 19.7 Å². The maximum Gasteiger partial charge on any atom is 0.194 e. The summed E-state index contributed by atoms with van der Waals surface area (Å²) in [5, 5.41) is 7.47. The molecule has 152 valence electrons. The number of aliphatic imine (C=N–C) groups is 1. The molecular weight excluding hydrogens is 357 g/mol. The van der Waals surface area contributed by atoms with Crippen LogP contribution in [0.2, 0.25) is 0 Å². The standard InChI is InChI=1S/C21H30FN5O/c1-5-23-21(24-14-15(2)20-16(3)25-28-17(20)4)27-12-10-26(11-13-27)19-8-6-18(22)7-9-19/h6-9,15H,5,10-14H2,1-4H3,(H,23,24). The van der Waals surface area contributed by atoms with Gasteiger partial charge < -0.3 is 19.6 Å². The Morgan fingerprint density at radius 1 is 1.21 bits per heavy atom. The predicted octanol–water partition coefficient (Wildman–Crippen LogP) is 3.32. The first-order chi connectivity index (χ1) is 13.5. The van der Waals surface area contributed by atoms with E-state index in [1.807, 2.05) is 26.0 Å². The van der Waals surface area contributed by atoms with Gasteiger partial charge in [0.05, 0.1) is 5.69 Å². The smallest absolute Gasteiger partial charge is 0.194 e. The van der Waals surface area contributed by atoms with Crippen LogP contribution in [-0.4, -0.2) is 55.3 Å². The van der Waals surface area contributed by atoms with Crippen LogP contribution < -0.4 is 10.2 Å². The van der Waals surface area contributed by atoms with Crippen LogP contribution >= 0.6 is 0 Å². The van der Waals surface area contributed by atoms with Gasteiger partial charge in [-0.1, -0.05) is 12.1 Å². The van der Waals surface area contributed by atoms with E-state index in [4.69, 9.17) is 9.52 Å². The molecule has 1 aliphatic rings. The highest BCUT2D eigenvalue weighted by Gasteiger charge is 2.21. The molecule has 1 N–H and O–H groups in total. The third kappa shape index (κ3) is 4.64. The Labute approximate surface area is 166 Å². The maximum absolute atomic E-state index is 13.1. The molecule has 3 rings (SSSR count). The second-order valence-corrected chi connectivity index (χ2v) is 7.28. The van der Waals surface area contributed by atoms with Crippen molar-refractivity contribution in [2.75, 3.05) is 44.2 Å². The topological polar surface area (TPSA) is 56.9 Å². The van der Waals surface area contributed by atoms with E-state index < -0.39 is 0 Å². The lowest BCUT2D eigenvalue weighted by molar-refractivity contribution is 0.372. The van der Waals surface area contributed by atoms with Crippen molar-refractivity contribution >= 4 is 11.6 Å². The molecule has 0 bridgehead atoms. The SMILES string of the molecule is CCNC(=NCC(C)c1c(C)noc1C)N1CCN(c2ccc(F)cc2)CC1. The monoisotopic (exact) mass is 387 g/mol. The zero-order valence-corrected chi connectivity index (χ0v) is 17.2. The Morgan fingerprint density at radius 3 is 2.46 bits per heavy atom. The first-order valence-electron chi connectivity index (χ1n) is 9.96. The van der Waals surface area contributed by atoms with Crippen molar-refractivity contribution in [1.29, 1.82) is 0 Å². The lowest BCUT2D eigenvalue weighted by atomic mass is 10.00. The number of benzene rings is 1. The molecule has 2 heterocycles. The molecular formula is C21H30FN5O. The molecule has 6 nitrogen and oxygen atoms in total. The molecule has 1 aliphatic heterocycles. The van der Waals surface area contributed by atoms with Crippen LogP contribution in [0.5, 0.6) is 0 Å². The van der Waals surface area contributed by atoms with Crippen molar-refractivity contribution in [3.05, 3.63) is 47.1 Å². The molecule has 1 saturated heterocycles. The lowest BCUT2D eigenvalue weighted by Crippen LogP contribution is -2.52. The number of rotatable bonds is 5. The van der Waals surface area contributed by atoms with E-state index >= 15 is 0 Å². The quantitative estimate of drug-likeness (QED) is 0.630. The van der Waals surface area contributed by atoms with Crippen LogP contribution in [0.15, 0.2) is 33.8 Å². The number of nitrogens with zero attached hydrogens (tertiary/aromatic N) is 4. The summed E-state index contributed by atoms with van der Waals surface area (Å²) in [5.74, 6) is 1.87. The van der Waals surface area contributed by atoms with Crippen LogP contribution in [0.4, 0.5) is 10.1 Å². The van der Waals surface area contributed by atoms with Crippen molar-refractivity contribution in [1.82, 2.24) is 15.4 Å². The molecule has 1 aromatic carbocycles. The average molecular weight is 388 g/mol. The number of guanidine groups is 1. The van der Waals surface area contributed by atoms with Crippen molar-refractivity contribution < 1.29 is 8.91 Å². The number of halogens is 1. The molecule has 0 spiro atoms. The van der Waals surface area contributed by atoms with Gasteiger partial charge in [0.25, 0.3) is 0 Å². The number of nitrogens with one attached hydrogen (secondary N) is 1. The molecule has 2 aromatic rings. The number of hydrogen-bond donors (Lipinski definition) is 1. The number of aryl methyl sites for hydroxylation is 2. The zero-order valence-electron chi connectivity index (χ0n) is 17.2. The van der Waals surface area contributed by atoms with E-state index in [-0.39, 0.29) is 11.7 Å². The maximum atomic E-state index is 13.1. The number of piperazine rings is 1. The third-order valence-corrected chi connectivity index (χ3v) is 5.20. The molecule has 1 atom stereocenters.